The van der Waals surface area contributed by atoms with E-state index in [4.69, 9.17) is 0 Å². The van der Waals surface area contributed by atoms with Crippen LogP contribution in [0.2, 0.25) is 0 Å². The summed E-state index contributed by atoms with van der Waals surface area (Å²) in [5, 5.41) is 5.55. The van der Waals surface area contributed by atoms with E-state index in [9.17, 15) is 18.0 Å². The molecule has 2 rings (SSSR count). The van der Waals surface area contributed by atoms with Gasteiger partial charge in [-0.2, -0.15) is 13.2 Å². The Morgan fingerprint density at radius 2 is 2.04 bits per heavy atom. The van der Waals surface area contributed by atoms with Crippen molar-refractivity contribution in [1.29, 1.82) is 0 Å². The lowest BCUT2D eigenvalue weighted by Gasteiger charge is -2.32. The molecule has 0 unspecified atom stereocenters. The monoisotopic (exact) mass is 359 g/mol. The van der Waals surface area contributed by atoms with E-state index in [0.717, 1.165) is 38.9 Å². The van der Waals surface area contributed by atoms with Crippen molar-refractivity contribution in [2.24, 2.45) is 0 Å². The van der Waals surface area contributed by atoms with Crippen molar-refractivity contribution in [2.45, 2.75) is 38.4 Å². The first kappa shape index (κ1) is 19.4. The molecule has 1 aliphatic rings. The number of ether oxygens (including phenoxy) is 1. The van der Waals surface area contributed by atoms with Crippen molar-refractivity contribution in [3.8, 4) is 5.75 Å². The standard InChI is InChI=1S/C17H24F3N3O2/c1-2-8-23-9-6-13(7-10-23)21-16(24)22-14-4-3-5-15(11-14)25-12-17(18,19)20/h3-5,11,13H,2,6-10,12H2,1H3,(H2,21,22,24). The minimum absolute atomic E-state index is 0.0583. The number of halogens is 3. The number of hydrogen-bond acceptors (Lipinski definition) is 3. The second-order valence-corrected chi connectivity index (χ2v) is 6.15. The van der Waals surface area contributed by atoms with Crippen LogP contribution in [0.5, 0.6) is 5.75 Å². The summed E-state index contributed by atoms with van der Waals surface area (Å²) in [5.41, 5.74) is 0.389. The lowest BCUT2D eigenvalue weighted by Crippen LogP contribution is -2.46. The second kappa shape index (κ2) is 8.94. The van der Waals surface area contributed by atoms with Gasteiger partial charge in [0.25, 0.3) is 0 Å². The number of urea groups is 1. The summed E-state index contributed by atoms with van der Waals surface area (Å²) in [7, 11) is 0. The van der Waals surface area contributed by atoms with Gasteiger partial charge in [0.05, 0.1) is 0 Å². The zero-order valence-electron chi connectivity index (χ0n) is 14.2. The molecule has 1 aromatic carbocycles. The quantitative estimate of drug-likeness (QED) is 0.816. The van der Waals surface area contributed by atoms with E-state index in [0.29, 0.717) is 5.69 Å². The number of carbonyl (C=O) groups excluding carboxylic acids is 1. The highest BCUT2D eigenvalue weighted by Crippen LogP contribution is 2.21. The lowest BCUT2D eigenvalue weighted by molar-refractivity contribution is -0.153. The molecule has 1 aromatic rings. The van der Waals surface area contributed by atoms with Crippen molar-refractivity contribution in [3.05, 3.63) is 24.3 Å². The minimum Gasteiger partial charge on any atom is -0.484 e. The molecule has 140 valence electrons. The number of piperidine rings is 1. The van der Waals surface area contributed by atoms with Gasteiger partial charge in [0.15, 0.2) is 6.61 Å². The summed E-state index contributed by atoms with van der Waals surface area (Å²) < 4.78 is 41.2. The molecule has 1 aliphatic heterocycles. The average molecular weight is 359 g/mol. The summed E-state index contributed by atoms with van der Waals surface area (Å²) in [6.45, 7) is 3.77. The van der Waals surface area contributed by atoms with Crippen molar-refractivity contribution in [3.63, 3.8) is 0 Å². The number of amides is 2. The van der Waals surface area contributed by atoms with E-state index in [1.807, 2.05) is 0 Å². The predicted molar refractivity (Wildman–Crippen MR) is 89.9 cm³/mol. The normalized spacial score (nSPS) is 16.5. The highest BCUT2D eigenvalue weighted by atomic mass is 19.4. The molecular formula is C17H24F3N3O2. The fourth-order valence-corrected chi connectivity index (χ4v) is 2.80. The number of hydrogen-bond donors (Lipinski definition) is 2. The zero-order valence-corrected chi connectivity index (χ0v) is 14.2. The van der Waals surface area contributed by atoms with Gasteiger partial charge in [-0.1, -0.05) is 13.0 Å². The van der Waals surface area contributed by atoms with Crippen molar-refractivity contribution in [2.75, 3.05) is 31.6 Å². The summed E-state index contributed by atoms with van der Waals surface area (Å²) in [5.74, 6) is 0.0583. The first-order chi connectivity index (χ1) is 11.9. The Morgan fingerprint density at radius 3 is 2.68 bits per heavy atom. The molecule has 25 heavy (non-hydrogen) atoms. The van der Waals surface area contributed by atoms with E-state index >= 15 is 0 Å². The maximum Gasteiger partial charge on any atom is 0.422 e. The SMILES string of the molecule is CCCN1CCC(NC(=O)Nc2cccc(OCC(F)(F)F)c2)CC1. The van der Waals surface area contributed by atoms with Crippen molar-refractivity contribution < 1.29 is 22.7 Å². The average Bonchev–Trinajstić information content (AvgIpc) is 2.55. The molecular weight excluding hydrogens is 335 g/mol. The van der Waals surface area contributed by atoms with E-state index in [2.05, 4.69) is 27.2 Å². The number of carbonyl (C=O) groups is 1. The third-order valence-electron chi connectivity index (χ3n) is 3.96. The topological polar surface area (TPSA) is 53.6 Å². The first-order valence-corrected chi connectivity index (χ1v) is 8.45. The molecule has 0 bridgehead atoms. The van der Waals surface area contributed by atoms with Gasteiger partial charge < -0.3 is 20.3 Å². The smallest absolute Gasteiger partial charge is 0.422 e. The highest BCUT2D eigenvalue weighted by molar-refractivity contribution is 5.89. The Balaban J connectivity index is 1.79. The molecule has 0 atom stereocenters. The summed E-state index contributed by atoms with van der Waals surface area (Å²) in [6.07, 6.45) is -1.50. The fourth-order valence-electron chi connectivity index (χ4n) is 2.80. The number of nitrogens with zero attached hydrogens (tertiary/aromatic N) is 1. The number of nitrogens with one attached hydrogen (secondary N) is 2. The minimum atomic E-state index is -4.40. The zero-order chi connectivity index (χ0) is 18.3. The summed E-state index contributed by atoms with van der Waals surface area (Å²) in [6, 6.07) is 5.67. The van der Waals surface area contributed by atoms with E-state index in [-0.39, 0.29) is 17.8 Å². The fraction of sp³-hybridized carbons (Fsp3) is 0.588. The van der Waals surface area contributed by atoms with E-state index < -0.39 is 12.8 Å². The van der Waals surface area contributed by atoms with Gasteiger partial charge in [-0.15, -0.1) is 0 Å². The van der Waals surface area contributed by atoms with Crippen LogP contribution in [-0.2, 0) is 0 Å². The van der Waals surface area contributed by atoms with Gasteiger partial charge in [0, 0.05) is 30.9 Å². The number of rotatable bonds is 6. The maximum absolute atomic E-state index is 12.2. The van der Waals surface area contributed by atoms with Gasteiger partial charge in [0.2, 0.25) is 0 Å². The van der Waals surface area contributed by atoms with Crippen LogP contribution < -0.4 is 15.4 Å². The van der Waals surface area contributed by atoms with Crippen LogP contribution >= 0.6 is 0 Å². The number of alkyl halides is 3. The number of likely N-dealkylation sites (tertiary alicyclic amines) is 1. The molecule has 0 spiro atoms. The molecule has 2 N–H and O–H groups in total. The molecule has 8 heteroatoms. The predicted octanol–water partition coefficient (Wildman–Crippen LogP) is 3.62. The van der Waals surface area contributed by atoms with Crippen LogP contribution in [0.3, 0.4) is 0 Å². The Hall–Kier alpha value is -1.96. The van der Waals surface area contributed by atoms with Gasteiger partial charge in [-0.3, -0.25) is 0 Å². The lowest BCUT2D eigenvalue weighted by atomic mass is 10.1. The molecule has 1 fully saturated rings. The van der Waals surface area contributed by atoms with Gasteiger partial charge in [-0.05, 0) is 37.9 Å². The van der Waals surface area contributed by atoms with Crippen LogP contribution in [0.15, 0.2) is 24.3 Å². The molecule has 0 aliphatic carbocycles. The van der Waals surface area contributed by atoms with Gasteiger partial charge >= 0.3 is 12.2 Å². The Labute approximate surface area is 145 Å². The third kappa shape index (κ3) is 7.21. The van der Waals surface area contributed by atoms with Gasteiger partial charge in [-0.25, -0.2) is 4.79 Å². The van der Waals surface area contributed by atoms with Crippen molar-refractivity contribution >= 4 is 11.7 Å². The molecule has 5 nitrogen and oxygen atoms in total. The number of anilines is 1. The number of benzene rings is 1. The molecule has 1 saturated heterocycles. The van der Waals surface area contributed by atoms with Crippen molar-refractivity contribution in [1.82, 2.24) is 10.2 Å². The van der Waals surface area contributed by atoms with Crippen LogP contribution in [0.25, 0.3) is 0 Å². The van der Waals surface area contributed by atoms with E-state index in [1.54, 1.807) is 6.07 Å². The van der Waals surface area contributed by atoms with Crippen LogP contribution in [-0.4, -0.2) is 49.4 Å². The van der Waals surface area contributed by atoms with Crippen LogP contribution in [0.4, 0.5) is 23.7 Å². The Bertz CT molecular complexity index is 558. The van der Waals surface area contributed by atoms with Gasteiger partial charge in [0.1, 0.15) is 5.75 Å². The Kier molecular flexibility index (Phi) is 6.92. The highest BCUT2D eigenvalue weighted by Gasteiger charge is 2.28. The molecule has 2 amide bonds. The molecule has 1 heterocycles. The third-order valence-corrected chi connectivity index (χ3v) is 3.96. The second-order valence-electron chi connectivity index (χ2n) is 6.15. The first-order valence-electron chi connectivity index (χ1n) is 8.45. The summed E-state index contributed by atoms with van der Waals surface area (Å²) >= 11 is 0. The molecule has 0 radical (unpaired) electrons. The van der Waals surface area contributed by atoms with E-state index in [1.165, 1.54) is 18.2 Å². The van der Waals surface area contributed by atoms with Crippen LogP contribution in [0.1, 0.15) is 26.2 Å². The van der Waals surface area contributed by atoms with Crippen LogP contribution in [0, 0.1) is 0 Å². The Morgan fingerprint density at radius 1 is 1.32 bits per heavy atom. The molecule has 0 saturated carbocycles. The maximum atomic E-state index is 12.2. The largest absolute Gasteiger partial charge is 0.484 e. The molecule has 0 aromatic heterocycles. The summed E-state index contributed by atoms with van der Waals surface area (Å²) in [4.78, 5) is 14.4.